The molecule has 0 saturated carbocycles. The van der Waals surface area contributed by atoms with Crippen LogP contribution in [0.15, 0.2) is 36.5 Å². The van der Waals surface area contributed by atoms with Gasteiger partial charge < -0.3 is 4.65 Å². The molecule has 0 radical (unpaired) electrons. The van der Waals surface area contributed by atoms with Crippen LogP contribution in [0.2, 0.25) is 11.6 Å². The standard InChI is InChI=1S/C17H20BNO/c1-5-13-6-4-12-19-17(13)16(11-1)20-18-14-7-2-8-15(18)10-3-9-14/h1,4-6,11-12,14-15H,2-3,7-10H2. The normalized spacial score (nSPS) is 25.7. The number of hydrogen-bond donors (Lipinski definition) is 0. The van der Waals surface area contributed by atoms with Crippen molar-refractivity contribution in [2.75, 3.05) is 0 Å². The van der Waals surface area contributed by atoms with Crippen LogP contribution in [0.5, 0.6) is 5.75 Å². The van der Waals surface area contributed by atoms with Crippen molar-refractivity contribution in [2.45, 2.75) is 50.2 Å². The Morgan fingerprint density at radius 2 is 1.65 bits per heavy atom. The third-order valence-corrected chi connectivity index (χ3v) is 5.09. The molecular weight excluding hydrogens is 245 g/mol. The van der Waals surface area contributed by atoms with Crippen LogP contribution in [0.1, 0.15) is 38.5 Å². The van der Waals surface area contributed by atoms with E-state index >= 15 is 0 Å². The smallest absolute Gasteiger partial charge is 0.364 e. The predicted octanol–water partition coefficient (Wildman–Crippen LogP) is 4.71. The van der Waals surface area contributed by atoms with Crippen molar-refractivity contribution in [3.05, 3.63) is 36.5 Å². The van der Waals surface area contributed by atoms with Gasteiger partial charge in [-0.2, -0.15) is 0 Å². The Hall–Kier alpha value is -1.51. The third kappa shape index (κ3) is 2.09. The van der Waals surface area contributed by atoms with Crippen molar-refractivity contribution in [1.82, 2.24) is 4.98 Å². The molecule has 3 heteroatoms. The highest BCUT2D eigenvalue weighted by atomic mass is 16.4. The lowest BCUT2D eigenvalue weighted by Gasteiger charge is -2.39. The van der Waals surface area contributed by atoms with E-state index < -0.39 is 0 Å². The lowest BCUT2D eigenvalue weighted by molar-refractivity contribution is 0.382. The van der Waals surface area contributed by atoms with Crippen LogP contribution in [0.3, 0.4) is 0 Å². The number of para-hydroxylation sites is 1. The van der Waals surface area contributed by atoms with Crippen molar-refractivity contribution < 1.29 is 4.65 Å². The summed E-state index contributed by atoms with van der Waals surface area (Å²) in [6.07, 6.45) is 10.0. The molecule has 2 saturated heterocycles. The summed E-state index contributed by atoms with van der Waals surface area (Å²) in [7, 11) is 0. The Labute approximate surface area is 120 Å². The average Bonchev–Trinajstić information content (AvgIpc) is 2.47. The summed E-state index contributed by atoms with van der Waals surface area (Å²) < 4.78 is 6.47. The van der Waals surface area contributed by atoms with Crippen molar-refractivity contribution in [3.63, 3.8) is 0 Å². The number of benzene rings is 1. The Kier molecular flexibility index (Phi) is 3.14. The van der Waals surface area contributed by atoms with Gasteiger partial charge >= 0.3 is 6.92 Å². The van der Waals surface area contributed by atoms with E-state index in [1.54, 1.807) is 0 Å². The molecule has 0 spiro atoms. The Morgan fingerprint density at radius 3 is 2.40 bits per heavy atom. The molecule has 4 rings (SSSR count). The second-order valence-electron chi connectivity index (χ2n) is 6.30. The number of rotatable bonds is 2. The number of fused-ring (bicyclic) bond motifs is 3. The first-order chi connectivity index (χ1) is 9.92. The minimum atomic E-state index is 0.421. The van der Waals surface area contributed by atoms with Gasteiger partial charge in [-0.15, -0.1) is 0 Å². The van der Waals surface area contributed by atoms with E-state index in [1.807, 2.05) is 12.3 Å². The van der Waals surface area contributed by atoms with Crippen LogP contribution < -0.4 is 4.65 Å². The maximum atomic E-state index is 6.47. The third-order valence-electron chi connectivity index (χ3n) is 5.09. The molecule has 2 fully saturated rings. The molecule has 1 aromatic heterocycles. The molecule has 0 N–H and O–H groups in total. The van der Waals surface area contributed by atoms with Crippen molar-refractivity contribution in [3.8, 4) is 5.75 Å². The van der Waals surface area contributed by atoms with E-state index in [-0.39, 0.29) is 0 Å². The summed E-state index contributed by atoms with van der Waals surface area (Å²) in [5.74, 6) is 2.51. The molecular formula is C17H20BNO. The Bertz CT molecular complexity index is 587. The summed E-state index contributed by atoms with van der Waals surface area (Å²) >= 11 is 0. The van der Waals surface area contributed by atoms with Gasteiger partial charge in [-0.05, 0) is 23.8 Å². The minimum Gasteiger partial charge on any atom is -0.559 e. The van der Waals surface area contributed by atoms with E-state index in [9.17, 15) is 0 Å². The molecule has 2 bridgehead atoms. The van der Waals surface area contributed by atoms with Crippen LogP contribution in [0, 0.1) is 0 Å². The van der Waals surface area contributed by atoms with Crippen molar-refractivity contribution >= 4 is 17.8 Å². The fourth-order valence-electron chi connectivity index (χ4n) is 4.13. The first-order valence-electron chi connectivity index (χ1n) is 7.92. The second-order valence-corrected chi connectivity index (χ2v) is 6.30. The van der Waals surface area contributed by atoms with Crippen LogP contribution >= 0.6 is 0 Å². The van der Waals surface area contributed by atoms with Gasteiger partial charge in [0.25, 0.3) is 0 Å². The van der Waals surface area contributed by atoms with Crippen LogP contribution in [0.25, 0.3) is 10.9 Å². The first-order valence-corrected chi connectivity index (χ1v) is 7.92. The highest BCUT2D eigenvalue weighted by molar-refractivity contribution is 6.56. The summed E-state index contributed by atoms with van der Waals surface area (Å²) in [6, 6.07) is 10.4. The zero-order valence-electron chi connectivity index (χ0n) is 11.8. The largest absolute Gasteiger partial charge is 0.559 e. The van der Waals surface area contributed by atoms with Crippen LogP contribution in [-0.4, -0.2) is 11.9 Å². The van der Waals surface area contributed by atoms with Crippen molar-refractivity contribution in [2.24, 2.45) is 0 Å². The first kappa shape index (κ1) is 12.3. The fraction of sp³-hybridized carbons (Fsp3) is 0.471. The average molecular weight is 265 g/mol. The second kappa shape index (κ2) is 5.12. The van der Waals surface area contributed by atoms with E-state index in [2.05, 4.69) is 29.2 Å². The molecule has 20 heavy (non-hydrogen) atoms. The highest BCUT2D eigenvalue weighted by Gasteiger charge is 2.42. The van der Waals surface area contributed by atoms with Gasteiger partial charge in [0.2, 0.25) is 0 Å². The summed E-state index contributed by atoms with van der Waals surface area (Å²) in [5.41, 5.74) is 1.01. The Morgan fingerprint density at radius 1 is 0.950 bits per heavy atom. The zero-order chi connectivity index (χ0) is 13.4. The SMILES string of the molecule is c1cnc2c(OB3C4CCCC3CCC4)cccc2c1. The fourth-order valence-corrected chi connectivity index (χ4v) is 4.13. The van der Waals surface area contributed by atoms with E-state index in [1.165, 1.54) is 43.9 Å². The van der Waals surface area contributed by atoms with Gasteiger partial charge in [-0.25, -0.2) is 0 Å². The number of aromatic nitrogens is 1. The summed E-state index contributed by atoms with van der Waals surface area (Å²) in [4.78, 5) is 4.52. The molecule has 2 aliphatic heterocycles. The maximum absolute atomic E-state index is 6.47. The molecule has 3 heterocycles. The minimum absolute atomic E-state index is 0.421. The van der Waals surface area contributed by atoms with Gasteiger partial charge in [-0.1, -0.05) is 56.7 Å². The molecule has 2 aromatic rings. The lowest BCUT2D eigenvalue weighted by Crippen LogP contribution is -2.39. The highest BCUT2D eigenvalue weighted by Crippen LogP contribution is 2.47. The van der Waals surface area contributed by atoms with Gasteiger partial charge in [0.1, 0.15) is 11.3 Å². The summed E-state index contributed by atoms with van der Waals surface area (Å²) in [6.45, 7) is 0.421. The zero-order valence-corrected chi connectivity index (χ0v) is 11.8. The lowest BCUT2D eigenvalue weighted by atomic mass is 9.38. The molecule has 1 aromatic carbocycles. The van der Waals surface area contributed by atoms with Gasteiger partial charge in [0, 0.05) is 11.6 Å². The van der Waals surface area contributed by atoms with E-state index in [0.717, 1.165) is 22.9 Å². The molecule has 0 unspecified atom stereocenters. The molecule has 102 valence electrons. The predicted molar refractivity (Wildman–Crippen MR) is 83.3 cm³/mol. The van der Waals surface area contributed by atoms with Crippen LogP contribution in [-0.2, 0) is 0 Å². The quantitative estimate of drug-likeness (QED) is 0.733. The van der Waals surface area contributed by atoms with Gasteiger partial charge in [-0.3, -0.25) is 4.98 Å². The molecule has 0 amide bonds. The summed E-state index contributed by atoms with van der Waals surface area (Å²) in [5, 5.41) is 1.17. The van der Waals surface area contributed by atoms with Gasteiger partial charge in [0.05, 0.1) is 0 Å². The molecule has 0 atom stereocenters. The molecule has 2 aliphatic rings. The van der Waals surface area contributed by atoms with Gasteiger partial charge in [0.15, 0.2) is 0 Å². The monoisotopic (exact) mass is 265 g/mol. The van der Waals surface area contributed by atoms with Crippen LogP contribution in [0.4, 0.5) is 0 Å². The number of nitrogens with zero attached hydrogens (tertiary/aromatic N) is 1. The van der Waals surface area contributed by atoms with E-state index in [4.69, 9.17) is 4.65 Å². The number of hydrogen-bond acceptors (Lipinski definition) is 2. The molecule has 2 nitrogen and oxygen atoms in total. The topological polar surface area (TPSA) is 22.1 Å². The Balaban J connectivity index is 1.67. The van der Waals surface area contributed by atoms with E-state index in [0.29, 0.717) is 6.92 Å². The van der Waals surface area contributed by atoms with Crippen molar-refractivity contribution in [1.29, 1.82) is 0 Å². The maximum Gasteiger partial charge on any atom is 0.364 e. The molecule has 0 aliphatic carbocycles. The number of pyridine rings is 1.